The molecule has 1 aromatic rings. The molecule has 0 saturated carbocycles. The number of piperidine rings is 1. The number of nitrogens with zero attached hydrogens (tertiary/aromatic N) is 1. The first-order valence-electron chi connectivity index (χ1n) is 8.59. The lowest BCUT2D eigenvalue weighted by Crippen LogP contribution is -2.38. The fourth-order valence-corrected chi connectivity index (χ4v) is 3.34. The van der Waals surface area contributed by atoms with E-state index in [4.69, 9.17) is 0 Å². The van der Waals surface area contributed by atoms with Gasteiger partial charge in [0.25, 0.3) is 11.8 Å². The first kappa shape index (κ1) is 19.4. The lowest BCUT2D eigenvalue weighted by molar-refractivity contribution is -0.121. The van der Waals surface area contributed by atoms with Crippen LogP contribution in [0.25, 0.3) is 0 Å². The second-order valence-corrected chi connectivity index (χ2v) is 6.39. The van der Waals surface area contributed by atoms with Crippen LogP contribution >= 0.6 is 12.4 Å². The number of amides is 3. The fourth-order valence-electron chi connectivity index (χ4n) is 3.34. The first-order valence-corrected chi connectivity index (χ1v) is 8.59. The van der Waals surface area contributed by atoms with Gasteiger partial charge in [-0.2, -0.15) is 0 Å². The quantitative estimate of drug-likeness (QED) is 0.750. The van der Waals surface area contributed by atoms with Gasteiger partial charge in [-0.15, -0.1) is 12.4 Å². The summed E-state index contributed by atoms with van der Waals surface area (Å²) in [7, 11) is 0. The minimum atomic E-state index is -0.278. The van der Waals surface area contributed by atoms with Crippen LogP contribution in [0.5, 0.6) is 0 Å². The van der Waals surface area contributed by atoms with Gasteiger partial charge in [-0.1, -0.05) is 12.1 Å². The van der Waals surface area contributed by atoms with Gasteiger partial charge in [-0.05, 0) is 50.4 Å². The van der Waals surface area contributed by atoms with Crippen LogP contribution in [0, 0.1) is 5.92 Å². The zero-order valence-electron chi connectivity index (χ0n) is 14.1. The van der Waals surface area contributed by atoms with Gasteiger partial charge in [0, 0.05) is 19.5 Å². The molecular formula is C18H24ClN3O3. The maximum atomic E-state index is 12.2. The van der Waals surface area contributed by atoms with Gasteiger partial charge in [0.1, 0.15) is 0 Å². The number of fused-ring (bicyclic) bond motifs is 1. The molecule has 0 aliphatic carbocycles. The minimum Gasteiger partial charge on any atom is -0.354 e. The Labute approximate surface area is 153 Å². The number of hydrogen-bond donors (Lipinski definition) is 2. The van der Waals surface area contributed by atoms with E-state index in [1.54, 1.807) is 24.3 Å². The molecule has 2 N–H and O–H groups in total. The zero-order chi connectivity index (χ0) is 16.9. The number of halogens is 1. The van der Waals surface area contributed by atoms with Crippen molar-refractivity contribution in [2.75, 3.05) is 26.2 Å². The Balaban J connectivity index is 0.00000225. The van der Waals surface area contributed by atoms with Crippen molar-refractivity contribution in [3.63, 3.8) is 0 Å². The summed E-state index contributed by atoms with van der Waals surface area (Å²) < 4.78 is 0. The molecule has 0 aromatic heterocycles. The predicted octanol–water partition coefficient (Wildman–Crippen LogP) is 1.60. The van der Waals surface area contributed by atoms with Gasteiger partial charge in [-0.3, -0.25) is 19.3 Å². The highest BCUT2D eigenvalue weighted by Gasteiger charge is 2.34. The van der Waals surface area contributed by atoms with Crippen LogP contribution in [0.1, 0.15) is 46.4 Å². The van der Waals surface area contributed by atoms with Crippen molar-refractivity contribution in [3.05, 3.63) is 35.4 Å². The standard InChI is InChI=1S/C18H23N3O3.ClH/c22-16(6-5-13-7-9-19-10-8-13)20-11-12-21-17(23)14-3-1-2-4-15(14)18(21)24;/h1-4,13,19H,5-12H2,(H,20,22);1H. The molecule has 0 bridgehead atoms. The maximum absolute atomic E-state index is 12.2. The van der Waals surface area contributed by atoms with Crippen LogP contribution in [0.3, 0.4) is 0 Å². The second-order valence-electron chi connectivity index (χ2n) is 6.39. The molecule has 0 spiro atoms. The monoisotopic (exact) mass is 365 g/mol. The van der Waals surface area contributed by atoms with Crippen molar-refractivity contribution < 1.29 is 14.4 Å². The number of nitrogens with one attached hydrogen (secondary N) is 2. The Kier molecular flexibility index (Phi) is 6.96. The Morgan fingerprint density at radius 1 is 1.12 bits per heavy atom. The maximum Gasteiger partial charge on any atom is 0.261 e. The summed E-state index contributed by atoms with van der Waals surface area (Å²) in [5.74, 6) is 0.0532. The summed E-state index contributed by atoms with van der Waals surface area (Å²) in [6.07, 6.45) is 3.66. The van der Waals surface area contributed by atoms with Crippen LogP contribution in [0.4, 0.5) is 0 Å². The van der Waals surface area contributed by atoms with E-state index in [1.807, 2.05) is 0 Å². The third-order valence-corrected chi connectivity index (χ3v) is 4.77. The molecule has 136 valence electrons. The largest absolute Gasteiger partial charge is 0.354 e. The number of carbonyl (C=O) groups is 3. The molecule has 1 saturated heterocycles. The summed E-state index contributed by atoms with van der Waals surface area (Å²) >= 11 is 0. The summed E-state index contributed by atoms with van der Waals surface area (Å²) in [4.78, 5) is 37.5. The van der Waals surface area contributed by atoms with Crippen molar-refractivity contribution in [3.8, 4) is 0 Å². The van der Waals surface area contributed by atoms with Crippen LogP contribution < -0.4 is 10.6 Å². The Bertz CT molecular complexity index is 609. The Hall–Kier alpha value is -1.92. The third kappa shape index (κ3) is 4.58. The van der Waals surface area contributed by atoms with E-state index in [0.29, 0.717) is 30.0 Å². The number of benzene rings is 1. The first-order chi connectivity index (χ1) is 11.7. The van der Waals surface area contributed by atoms with Gasteiger partial charge >= 0.3 is 0 Å². The third-order valence-electron chi connectivity index (χ3n) is 4.77. The summed E-state index contributed by atoms with van der Waals surface area (Å²) in [5, 5.41) is 6.13. The molecule has 0 unspecified atom stereocenters. The molecule has 3 rings (SSSR count). The SMILES string of the molecule is Cl.O=C(CCC1CCNCC1)NCCN1C(=O)c2ccccc2C1=O. The van der Waals surface area contributed by atoms with E-state index in [2.05, 4.69) is 10.6 Å². The summed E-state index contributed by atoms with van der Waals surface area (Å²) in [5.41, 5.74) is 0.888. The summed E-state index contributed by atoms with van der Waals surface area (Å²) in [6.45, 7) is 2.58. The summed E-state index contributed by atoms with van der Waals surface area (Å²) in [6, 6.07) is 6.81. The van der Waals surface area contributed by atoms with Crippen molar-refractivity contribution in [2.24, 2.45) is 5.92 Å². The topological polar surface area (TPSA) is 78.5 Å². The molecule has 0 radical (unpaired) electrons. The molecular weight excluding hydrogens is 342 g/mol. The average molecular weight is 366 g/mol. The van der Waals surface area contributed by atoms with E-state index in [1.165, 1.54) is 4.90 Å². The Morgan fingerprint density at radius 2 is 1.72 bits per heavy atom. The molecule has 25 heavy (non-hydrogen) atoms. The zero-order valence-corrected chi connectivity index (χ0v) is 14.9. The van der Waals surface area contributed by atoms with Gasteiger partial charge in [0.05, 0.1) is 11.1 Å². The number of hydrogen-bond acceptors (Lipinski definition) is 4. The number of rotatable bonds is 6. The minimum absolute atomic E-state index is 0. The molecule has 7 heteroatoms. The van der Waals surface area contributed by atoms with Crippen LogP contribution in [0.15, 0.2) is 24.3 Å². The highest BCUT2D eigenvalue weighted by Crippen LogP contribution is 2.21. The van der Waals surface area contributed by atoms with E-state index >= 15 is 0 Å². The lowest BCUT2D eigenvalue weighted by atomic mass is 9.93. The van der Waals surface area contributed by atoms with Gasteiger partial charge < -0.3 is 10.6 Å². The van der Waals surface area contributed by atoms with Gasteiger partial charge in [0.2, 0.25) is 5.91 Å². The lowest BCUT2D eigenvalue weighted by Gasteiger charge is -2.22. The molecule has 2 aliphatic rings. The average Bonchev–Trinajstić information content (AvgIpc) is 2.86. The molecule has 2 heterocycles. The predicted molar refractivity (Wildman–Crippen MR) is 96.9 cm³/mol. The highest BCUT2D eigenvalue weighted by molar-refractivity contribution is 6.21. The molecule has 6 nitrogen and oxygen atoms in total. The van der Waals surface area contributed by atoms with Crippen LogP contribution in [-0.2, 0) is 4.79 Å². The van der Waals surface area contributed by atoms with Crippen LogP contribution in [0.2, 0.25) is 0 Å². The molecule has 1 fully saturated rings. The fraction of sp³-hybridized carbons (Fsp3) is 0.500. The van der Waals surface area contributed by atoms with E-state index < -0.39 is 0 Å². The van der Waals surface area contributed by atoms with Crippen molar-refractivity contribution in [1.29, 1.82) is 0 Å². The van der Waals surface area contributed by atoms with Crippen molar-refractivity contribution in [2.45, 2.75) is 25.7 Å². The molecule has 3 amide bonds. The normalized spacial score (nSPS) is 17.2. The van der Waals surface area contributed by atoms with Gasteiger partial charge in [0.15, 0.2) is 0 Å². The van der Waals surface area contributed by atoms with E-state index in [9.17, 15) is 14.4 Å². The smallest absolute Gasteiger partial charge is 0.261 e. The van der Waals surface area contributed by atoms with Crippen molar-refractivity contribution >= 4 is 30.1 Å². The molecule has 1 aromatic carbocycles. The molecule has 0 atom stereocenters. The van der Waals surface area contributed by atoms with E-state index in [0.717, 1.165) is 32.4 Å². The molecule has 2 aliphatic heterocycles. The number of imide groups is 1. The van der Waals surface area contributed by atoms with Gasteiger partial charge in [-0.25, -0.2) is 0 Å². The second kappa shape index (κ2) is 8.97. The Morgan fingerprint density at radius 3 is 2.32 bits per heavy atom. The highest BCUT2D eigenvalue weighted by atomic mass is 35.5. The van der Waals surface area contributed by atoms with Crippen molar-refractivity contribution in [1.82, 2.24) is 15.5 Å². The van der Waals surface area contributed by atoms with E-state index in [-0.39, 0.29) is 36.7 Å². The van der Waals surface area contributed by atoms with Crippen LogP contribution in [-0.4, -0.2) is 48.8 Å². The number of carbonyl (C=O) groups excluding carboxylic acids is 3.